The quantitative estimate of drug-likeness (QED) is 0.494. The Hall–Kier alpha value is -3.08. The molecule has 2 aromatic rings. The van der Waals surface area contributed by atoms with Gasteiger partial charge in [0.2, 0.25) is 5.91 Å². The Labute approximate surface area is 211 Å². The summed E-state index contributed by atoms with van der Waals surface area (Å²) in [6.07, 6.45) is -8.98. The summed E-state index contributed by atoms with van der Waals surface area (Å²) in [5.41, 5.74) is -2.86. The Morgan fingerprint density at radius 1 is 0.973 bits per heavy atom. The summed E-state index contributed by atoms with van der Waals surface area (Å²) in [6.45, 7) is 3.82. The van der Waals surface area contributed by atoms with Crippen molar-refractivity contribution >= 4 is 11.8 Å². The molecule has 0 aliphatic carbocycles. The van der Waals surface area contributed by atoms with E-state index in [4.69, 9.17) is 0 Å². The van der Waals surface area contributed by atoms with Gasteiger partial charge in [-0.15, -0.1) is 0 Å². The largest absolute Gasteiger partial charge is 0.416 e. The van der Waals surface area contributed by atoms with Crippen molar-refractivity contribution in [1.82, 2.24) is 15.5 Å². The molecule has 37 heavy (non-hydrogen) atoms. The van der Waals surface area contributed by atoms with E-state index in [0.717, 1.165) is 5.56 Å². The van der Waals surface area contributed by atoms with E-state index in [1.54, 1.807) is 12.1 Å². The first-order chi connectivity index (χ1) is 17.2. The fourth-order valence-corrected chi connectivity index (χ4v) is 4.44. The molecule has 1 aliphatic heterocycles. The number of carbonyl (C=O) groups excluding carboxylic acids is 2. The van der Waals surface area contributed by atoms with E-state index >= 15 is 0 Å². The van der Waals surface area contributed by atoms with Crippen LogP contribution in [0.4, 0.5) is 26.3 Å². The Morgan fingerprint density at radius 2 is 1.57 bits per heavy atom. The summed E-state index contributed by atoms with van der Waals surface area (Å²) in [5.74, 6) is -1.09. The van der Waals surface area contributed by atoms with Crippen molar-refractivity contribution in [3.8, 4) is 0 Å². The molecule has 2 amide bonds. The van der Waals surface area contributed by atoms with Crippen molar-refractivity contribution in [2.24, 2.45) is 0 Å². The van der Waals surface area contributed by atoms with E-state index in [0.29, 0.717) is 31.4 Å². The summed E-state index contributed by atoms with van der Waals surface area (Å²) in [7, 11) is 0. The maximum absolute atomic E-state index is 13.4. The molecule has 0 saturated carbocycles. The second kappa shape index (κ2) is 11.5. The fourth-order valence-electron chi connectivity index (χ4n) is 4.44. The van der Waals surface area contributed by atoms with Gasteiger partial charge in [0.1, 0.15) is 0 Å². The van der Waals surface area contributed by atoms with Crippen molar-refractivity contribution in [3.63, 3.8) is 0 Å². The van der Waals surface area contributed by atoms with Crippen LogP contribution in [0, 0.1) is 0 Å². The molecule has 202 valence electrons. The summed E-state index contributed by atoms with van der Waals surface area (Å²) in [4.78, 5) is 26.7. The zero-order chi connectivity index (χ0) is 27.4. The minimum atomic E-state index is -5.05. The van der Waals surface area contributed by atoms with Gasteiger partial charge >= 0.3 is 12.4 Å². The lowest BCUT2D eigenvalue weighted by Gasteiger charge is -2.40. The highest BCUT2D eigenvalue weighted by molar-refractivity contribution is 5.95. The van der Waals surface area contributed by atoms with Crippen molar-refractivity contribution in [1.29, 1.82) is 0 Å². The third kappa shape index (κ3) is 7.95. The van der Waals surface area contributed by atoms with E-state index in [2.05, 4.69) is 10.6 Å². The topological polar surface area (TPSA) is 61.4 Å². The Balaban J connectivity index is 1.87. The average molecular weight is 530 g/mol. The van der Waals surface area contributed by atoms with Crippen LogP contribution in [0.1, 0.15) is 53.7 Å². The van der Waals surface area contributed by atoms with Crippen molar-refractivity contribution < 1.29 is 35.9 Å². The fraction of sp³-hybridized carbons (Fsp3) is 0.462. The highest BCUT2D eigenvalue weighted by atomic mass is 19.4. The molecule has 2 N–H and O–H groups in total. The van der Waals surface area contributed by atoms with Crippen molar-refractivity contribution in [2.45, 2.75) is 63.6 Å². The van der Waals surface area contributed by atoms with Gasteiger partial charge in [0, 0.05) is 30.2 Å². The second-order valence-electron chi connectivity index (χ2n) is 9.46. The lowest BCUT2D eigenvalue weighted by atomic mass is 9.91. The van der Waals surface area contributed by atoms with Gasteiger partial charge < -0.3 is 15.5 Å². The number of benzene rings is 2. The van der Waals surface area contributed by atoms with Crippen LogP contribution in [-0.2, 0) is 23.6 Å². The molecule has 0 radical (unpaired) electrons. The predicted molar refractivity (Wildman–Crippen MR) is 126 cm³/mol. The van der Waals surface area contributed by atoms with Gasteiger partial charge in [-0.2, -0.15) is 26.3 Å². The van der Waals surface area contributed by atoms with E-state index in [9.17, 15) is 35.9 Å². The lowest BCUT2D eigenvalue weighted by Crippen LogP contribution is -2.53. The van der Waals surface area contributed by atoms with Crippen LogP contribution in [0.2, 0.25) is 0 Å². The van der Waals surface area contributed by atoms with Crippen LogP contribution in [0.3, 0.4) is 0 Å². The number of hydrogen-bond acceptors (Lipinski definition) is 3. The highest BCUT2D eigenvalue weighted by Gasteiger charge is 2.39. The number of nitrogens with zero attached hydrogens (tertiary/aromatic N) is 1. The number of halogens is 6. The van der Waals surface area contributed by atoms with E-state index in [-0.39, 0.29) is 37.1 Å². The number of carbonyl (C=O) groups is 2. The van der Waals surface area contributed by atoms with Crippen molar-refractivity contribution in [2.75, 3.05) is 13.1 Å². The van der Waals surface area contributed by atoms with Gasteiger partial charge in [-0.1, -0.05) is 30.3 Å². The van der Waals surface area contributed by atoms with Gasteiger partial charge in [-0.05, 0) is 56.9 Å². The molecule has 1 aliphatic rings. The molecule has 2 aromatic carbocycles. The van der Waals surface area contributed by atoms with E-state index < -0.39 is 41.0 Å². The molecule has 11 heteroatoms. The number of alkyl halides is 6. The van der Waals surface area contributed by atoms with Gasteiger partial charge in [0.15, 0.2) is 0 Å². The molecule has 1 fully saturated rings. The van der Waals surface area contributed by atoms with Gasteiger partial charge in [0.25, 0.3) is 5.91 Å². The van der Waals surface area contributed by atoms with Crippen LogP contribution in [0.5, 0.6) is 0 Å². The maximum Gasteiger partial charge on any atom is 0.416 e. The number of likely N-dealkylation sites (tertiary alicyclic amines) is 1. The second-order valence-corrected chi connectivity index (χ2v) is 9.46. The molecule has 3 rings (SSSR count). The normalized spacial score (nSPS) is 18.7. The molecule has 0 aromatic heterocycles. The summed E-state index contributed by atoms with van der Waals surface area (Å²) in [6, 6.07) is 9.34. The third-order valence-electron chi connectivity index (χ3n) is 6.13. The Morgan fingerprint density at radius 3 is 2.11 bits per heavy atom. The first-order valence-electron chi connectivity index (χ1n) is 11.9. The zero-order valence-electron chi connectivity index (χ0n) is 20.4. The summed E-state index contributed by atoms with van der Waals surface area (Å²) >= 11 is 0. The zero-order valence-corrected chi connectivity index (χ0v) is 20.4. The molecule has 1 heterocycles. The summed E-state index contributed by atoms with van der Waals surface area (Å²) in [5, 5.41) is 5.92. The van der Waals surface area contributed by atoms with Crippen molar-refractivity contribution in [3.05, 3.63) is 70.8 Å². The number of rotatable bonds is 7. The minimum Gasteiger partial charge on any atom is -0.353 e. The SMILES string of the molecule is CC(C)NC(=O)CNC1CCN(C(=O)c2cc(C(F)(F)F)cc(C(F)(F)F)c2)C(Cc2ccccc2)C1. The Bertz CT molecular complexity index is 1050. The monoisotopic (exact) mass is 529 g/mol. The first kappa shape index (κ1) is 28.5. The van der Waals surface area contributed by atoms with Crippen LogP contribution in [0.25, 0.3) is 0 Å². The maximum atomic E-state index is 13.4. The predicted octanol–water partition coefficient (Wildman–Crippen LogP) is 5.05. The van der Waals surface area contributed by atoms with Gasteiger partial charge in [-0.25, -0.2) is 0 Å². The van der Waals surface area contributed by atoms with Crippen LogP contribution in [-0.4, -0.2) is 47.9 Å². The number of hydrogen-bond donors (Lipinski definition) is 2. The van der Waals surface area contributed by atoms with Crippen LogP contribution < -0.4 is 10.6 Å². The molecule has 0 spiro atoms. The number of piperidine rings is 1. The number of amides is 2. The summed E-state index contributed by atoms with van der Waals surface area (Å²) < 4.78 is 80.1. The number of nitrogens with one attached hydrogen (secondary N) is 2. The Kier molecular flexibility index (Phi) is 8.88. The van der Waals surface area contributed by atoms with Crippen LogP contribution in [0.15, 0.2) is 48.5 Å². The third-order valence-corrected chi connectivity index (χ3v) is 6.13. The average Bonchev–Trinajstić information content (AvgIpc) is 2.81. The molecule has 0 bridgehead atoms. The molecular weight excluding hydrogens is 500 g/mol. The molecule has 1 saturated heterocycles. The first-order valence-corrected chi connectivity index (χ1v) is 11.9. The van der Waals surface area contributed by atoms with Gasteiger partial charge in [-0.3, -0.25) is 9.59 Å². The molecular formula is C26H29F6N3O2. The minimum absolute atomic E-state index is 0.0105. The molecule has 5 nitrogen and oxygen atoms in total. The van der Waals surface area contributed by atoms with Crippen LogP contribution >= 0.6 is 0 Å². The van der Waals surface area contributed by atoms with Gasteiger partial charge in [0.05, 0.1) is 17.7 Å². The highest BCUT2D eigenvalue weighted by Crippen LogP contribution is 2.37. The molecule has 2 unspecified atom stereocenters. The van der Waals surface area contributed by atoms with E-state index in [1.165, 1.54) is 4.90 Å². The smallest absolute Gasteiger partial charge is 0.353 e. The lowest BCUT2D eigenvalue weighted by molar-refractivity contribution is -0.143. The van der Waals surface area contributed by atoms with E-state index in [1.807, 2.05) is 32.0 Å². The molecule has 2 atom stereocenters. The standard InChI is InChI=1S/C26H29F6N3O2/c1-16(2)34-23(36)15-33-21-8-9-35(22(14-21)10-17-6-4-3-5-7-17)24(37)18-11-19(25(27,28)29)13-20(12-18)26(30,31)32/h3-7,11-13,16,21-22,33H,8-10,14-15H2,1-2H3,(H,34,36).